The molecule has 1 unspecified atom stereocenters. The van der Waals surface area contributed by atoms with Gasteiger partial charge < -0.3 is 4.74 Å². The highest BCUT2D eigenvalue weighted by molar-refractivity contribution is 9.10. The molecule has 0 fully saturated rings. The molecule has 112 valence electrons. The Balaban J connectivity index is 2.35. The summed E-state index contributed by atoms with van der Waals surface area (Å²) in [6.45, 7) is 0. The fraction of sp³-hybridized carbons (Fsp3) is 0.200. The number of methoxy groups -OCH3 is 1. The minimum Gasteiger partial charge on any atom is -0.496 e. The smallest absolute Gasteiger partial charge is 0.122 e. The molecule has 0 radical (unpaired) electrons. The number of hydrogen-bond donors (Lipinski definition) is 2. The normalized spacial score (nSPS) is 12.2. The van der Waals surface area contributed by atoms with E-state index in [1.807, 2.05) is 36.4 Å². The molecule has 0 spiro atoms. The van der Waals surface area contributed by atoms with Crippen molar-refractivity contribution >= 4 is 43.5 Å². The molecular formula is C15H15Br2ClN2O. The first kappa shape index (κ1) is 16.8. The molecule has 2 aromatic carbocycles. The Morgan fingerprint density at radius 3 is 2.52 bits per heavy atom. The lowest BCUT2D eigenvalue weighted by molar-refractivity contribution is 0.405. The van der Waals surface area contributed by atoms with Crippen LogP contribution in [0.4, 0.5) is 0 Å². The van der Waals surface area contributed by atoms with Crippen molar-refractivity contribution in [3.8, 4) is 5.75 Å². The topological polar surface area (TPSA) is 47.3 Å². The molecule has 6 heteroatoms. The number of benzene rings is 2. The molecule has 0 bridgehead atoms. The predicted molar refractivity (Wildman–Crippen MR) is 93.6 cm³/mol. The van der Waals surface area contributed by atoms with E-state index in [-0.39, 0.29) is 6.04 Å². The van der Waals surface area contributed by atoms with Gasteiger partial charge in [0.2, 0.25) is 0 Å². The summed E-state index contributed by atoms with van der Waals surface area (Å²) in [5, 5.41) is 0.676. The number of halogens is 3. The molecule has 21 heavy (non-hydrogen) atoms. The Hall–Kier alpha value is -0.590. The first-order valence-electron chi connectivity index (χ1n) is 6.28. The molecule has 0 saturated heterocycles. The number of ether oxygens (including phenoxy) is 1. The highest BCUT2D eigenvalue weighted by Gasteiger charge is 2.17. The van der Waals surface area contributed by atoms with E-state index in [9.17, 15) is 0 Å². The van der Waals surface area contributed by atoms with Crippen LogP contribution in [0.2, 0.25) is 5.02 Å². The van der Waals surface area contributed by atoms with E-state index in [2.05, 4.69) is 37.3 Å². The second-order valence-corrected chi connectivity index (χ2v) is 6.78. The fourth-order valence-corrected chi connectivity index (χ4v) is 3.20. The van der Waals surface area contributed by atoms with Crippen LogP contribution in [0.25, 0.3) is 0 Å². The van der Waals surface area contributed by atoms with Crippen LogP contribution in [0.15, 0.2) is 45.3 Å². The molecule has 1 atom stereocenters. The van der Waals surface area contributed by atoms with Gasteiger partial charge in [0.05, 0.1) is 13.2 Å². The Kier molecular flexibility index (Phi) is 6.08. The summed E-state index contributed by atoms with van der Waals surface area (Å²) in [5.41, 5.74) is 4.82. The van der Waals surface area contributed by atoms with Gasteiger partial charge in [0.25, 0.3) is 0 Å². The van der Waals surface area contributed by atoms with Crippen LogP contribution < -0.4 is 16.0 Å². The Bertz CT molecular complexity index is 637. The van der Waals surface area contributed by atoms with Gasteiger partial charge in [0.15, 0.2) is 0 Å². The molecule has 0 saturated carbocycles. The van der Waals surface area contributed by atoms with Crippen molar-refractivity contribution < 1.29 is 4.74 Å². The van der Waals surface area contributed by atoms with Crippen molar-refractivity contribution in [2.45, 2.75) is 12.5 Å². The van der Waals surface area contributed by atoms with Crippen LogP contribution >= 0.6 is 43.5 Å². The largest absolute Gasteiger partial charge is 0.496 e. The van der Waals surface area contributed by atoms with Gasteiger partial charge in [-0.25, -0.2) is 0 Å². The van der Waals surface area contributed by atoms with Crippen LogP contribution in [0, 0.1) is 0 Å². The summed E-state index contributed by atoms with van der Waals surface area (Å²) in [6, 6.07) is 11.5. The quantitative estimate of drug-likeness (QED) is 0.533. The van der Waals surface area contributed by atoms with Gasteiger partial charge in [0, 0.05) is 14.0 Å². The first-order valence-corrected chi connectivity index (χ1v) is 8.25. The van der Waals surface area contributed by atoms with Crippen molar-refractivity contribution in [3.63, 3.8) is 0 Å². The van der Waals surface area contributed by atoms with Crippen molar-refractivity contribution in [2.75, 3.05) is 7.11 Å². The van der Waals surface area contributed by atoms with E-state index in [0.717, 1.165) is 25.8 Å². The molecule has 0 aromatic heterocycles. The number of rotatable bonds is 5. The van der Waals surface area contributed by atoms with Crippen molar-refractivity contribution in [2.24, 2.45) is 5.84 Å². The minimum atomic E-state index is -0.113. The third-order valence-electron chi connectivity index (χ3n) is 3.20. The van der Waals surface area contributed by atoms with Gasteiger partial charge >= 0.3 is 0 Å². The van der Waals surface area contributed by atoms with Crippen LogP contribution in [0.3, 0.4) is 0 Å². The van der Waals surface area contributed by atoms with E-state index in [0.29, 0.717) is 11.4 Å². The molecule has 0 aliphatic rings. The van der Waals surface area contributed by atoms with Crippen molar-refractivity contribution in [3.05, 3.63) is 61.5 Å². The predicted octanol–water partition coefficient (Wildman–Crippen LogP) is 4.62. The summed E-state index contributed by atoms with van der Waals surface area (Å²) < 4.78 is 7.36. The molecule has 3 nitrogen and oxygen atoms in total. The lowest BCUT2D eigenvalue weighted by Crippen LogP contribution is -2.30. The summed E-state index contributed by atoms with van der Waals surface area (Å²) in [6.07, 6.45) is 0.662. The number of nitrogens with two attached hydrogens (primary N) is 1. The number of hydrogen-bond acceptors (Lipinski definition) is 3. The summed E-state index contributed by atoms with van der Waals surface area (Å²) in [7, 11) is 1.66. The van der Waals surface area contributed by atoms with Gasteiger partial charge in [-0.1, -0.05) is 43.5 Å². The monoisotopic (exact) mass is 432 g/mol. The Morgan fingerprint density at radius 2 is 1.86 bits per heavy atom. The van der Waals surface area contributed by atoms with E-state index < -0.39 is 0 Å². The number of hydrazine groups is 1. The van der Waals surface area contributed by atoms with Gasteiger partial charge in [0.1, 0.15) is 5.75 Å². The standard InChI is InChI=1S/C15H15Br2ClN2O/c1-21-15-5-3-10(16)6-9(15)7-14(20-19)12-8-11(17)2-4-13(12)18/h2-6,8,14,20H,7,19H2,1H3. The van der Waals surface area contributed by atoms with E-state index >= 15 is 0 Å². The second-order valence-electron chi connectivity index (χ2n) is 4.55. The fourth-order valence-electron chi connectivity index (χ4n) is 2.17. The highest BCUT2D eigenvalue weighted by atomic mass is 79.9. The van der Waals surface area contributed by atoms with Crippen LogP contribution in [-0.4, -0.2) is 7.11 Å². The van der Waals surface area contributed by atoms with Crippen LogP contribution in [-0.2, 0) is 6.42 Å². The van der Waals surface area contributed by atoms with Gasteiger partial charge in [-0.3, -0.25) is 11.3 Å². The average Bonchev–Trinajstić information content (AvgIpc) is 2.47. The average molecular weight is 435 g/mol. The van der Waals surface area contributed by atoms with E-state index in [4.69, 9.17) is 22.2 Å². The zero-order valence-electron chi connectivity index (χ0n) is 11.4. The molecule has 0 heterocycles. The maximum atomic E-state index is 6.28. The molecule has 2 rings (SSSR count). The summed E-state index contributed by atoms with van der Waals surface area (Å²) in [5.74, 6) is 6.55. The molecule has 2 aromatic rings. The van der Waals surface area contributed by atoms with Gasteiger partial charge in [-0.05, 0) is 53.9 Å². The Morgan fingerprint density at radius 1 is 1.19 bits per heavy atom. The maximum Gasteiger partial charge on any atom is 0.122 e. The molecular weight excluding hydrogens is 419 g/mol. The van der Waals surface area contributed by atoms with Gasteiger partial charge in [-0.2, -0.15) is 0 Å². The van der Waals surface area contributed by atoms with E-state index in [1.165, 1.54) is 0 Å². The maximum absolute atomic E-state index is 6.28. The highest BCUT2D eigenvalue weighted by Crippen LogP contribution is 2.31. The molecule has 0 aliphatic heterocycles. The summed E-state index contributed by atoms with van der Waals surface area (Å²) in [4.78, 5) is 0. The molecule has 3 N–H and O–H groups in total. The molecule has 0 aliphatic carbocycles. The third kappa shape index (κ3) is 4.20. The second kappa shape index (κ2) is 7.61. The van der Waals surface area contributed by atoms with E-state index in [1.54, 1.807) is 7.11 Å². The summed E-state index contributed by atoms with van der Waals surface area (Å²) >= 11 is 13.2. The SMILES string of the molecule is COc1ccc(Br)cc1CC(NN)c1cc(Br)ccc1Cl. The lowest BCUT2D eigenvalue weighted by atomic mass is 9.98. The molecule has 0 amide bonds. The van der Waals surface area contributed by atoms with Gasteiger partial charge in [-0.15, -0.1) is 0 Å². The Labute approximate surface area is 146 Å². The minimum absolute atomic E-state index is 0.113. The first-order chi connectivity index (χ1) is 10.0. The van der Waals surface area contributed by atoms with Crippen molar-refractivity contribution in [1.82, 2.24) is 5.43 Å². The van der Waals surface area contributed by atoms with Crippen molar-refractivity contribution in [1.29, 1.82) is 0 Å². The zero-order valence-corrected chi connectivity index (χ0v) is 15.3. The lowest BCUT2D eigenvalue weighted by Gasteiger charge is -2.19. The number of nitrogens with one attached hydrogen (secondary N) is 1. The van der Waals surface area contributed by atoms with Crippen LogP contribution in [0.1, 0.15) is 17.2 Å². The zero-order chi connectivity index (χ0) is 15.4. The third-order valence-corrected chi connectivity index (χ3v) is 4.53. The van der Waals surface area contributed by atoms with Crippen LogP contribution in [0.5, 0.6) is 5.75 Å².